The quantitative estimate of drug-likeness (QED) is 0.0833. The van der Waals surface area contributed by atoms with Gasteiger partial charge in [0.2, 0.25) is 0 Å². The standard InChI is InChI=1S/C32H68N/c1-6-8-10-12-14-16-18-20-22-24-26-29-33(5,31-28-32(3)4)30-27-25-23-21-19-17-15-13-11-9-7-2/h32H,6-31H2,1-5H3/q+1. The molecule has 0 aromatic carbocycles. The molecule has 0 saturated heterocycles. The van der Waals surface area contributed by atoms with Crippen molar-refractivity contribution >= 4 is 0 Å². The van der Waals surface area contributed by atoms with Gasteiger partial charge in [0.25, 0.3) is 0 Å². The van der Waals surface area contributed by atoms with Crippen LogP contribution in [0.1, 0.15) is 175 Å². The topological polar surface area (TPSA) is 0 Å². The van der Waals surface area contributed by atoms with E-state index in [2.05, 4.69) is 34.7 Å². The van der Waals surface area contributed by atoms with E-state index in [1.54, 1.807) is 0 Å². The Bertz CT molecular complexity index is 336. The molecule has 0 aliphatic heterocycles. The first-order valence-corrected chi connectivity index (χ1v) is 15.9. The van der Waals surface area contributed by atoms with Crippen LogP contribution in [0, 0.1) is 5.92 Å². The van der Waals surface area contributed by atoms with Crippen LogP contribution in [0.15, 0.2) is 0 Å². The van der Waals surface area contributed by atoms with Crippen LogP contribution in [-0.4, -0.2) is 31.2 Å². The van der Waals surface area contributed by atoms with Crippen molar-refractivity contribution in [1.29, 1.82) is 0 Å². The number of nitrogens with zero attached hydrogens (tertiary/aromatic N) is 1. The molecule has 0 fully saturated rings. The van der Waals surface area contributed by atoms with Gasteiger partial charge in [0, 0.05) is 0 Å². The lowest BCUT2D eigenvalue weighted by molar-refractivity contribution is -0.910. The summed E-state index contributed by atoms with van der Waals surface area (Å²) in [6, 6.07) is 0. The number of hydrogen-bond acceptors (Lipinski definition) is 0. The van der Waals surface area contributed by atoms with Gasteiger partial charge in [0.1, 0.15) is 0 Å². The lowest BCUT2D eigenvalue weighted by Crippen LogP contribution is -2.46. The molecule has 0 aliphatic rings. The molecule has 0 saturated carbocycles. The molecule has 0 aromatic rings. The van der Waals surface area contributed by atoms with Crippen LogP contribution >= 0.6 is 0 Å². The predicted molar refractivity (Wildman–Crippen MR) is 153 cm³/mol. The predicted octanol–water partition coefficient (Wildman–Crippen LogP) is 11.1. The summed E-state index contributed by atoms with van der Waals surface area (Å²) in [5.41, 5.74) is 0. The van der Waals surface area contributed by atoms with E-state index in [4.69, 9.17) is 0 Å². The van der Waals surface area contributed by atoms with E-state index in [-0.39, 0.29) is 0 Å². The van der Waals surface area contributed by atoms with E-state index >= 15 is 0 Å². The Kier molecular flexibility index (Phi) is 25.0. The Morgan fingerprint density at radius 1 is 0.394 bits per heavy atom. The van der Waals surface area contributed by atoms with Gasteiger partial charge in [-0.05, 0) is 38.0 Å². The fourth-order valence-corrected chi connectivity index (χ4v) is 5.22. The summed E-state index contributed by atoms with van der Waals surface area (Å²) in [4.78, 5) is 0. The third-order valence-electron chi connectivity index (χ3n) is 7.85. The summed E-state index contributed by atoms with van der Waals surface area (Å²) in [6.07, 6.45) is 33.4. The van der Waals surface area contributed by atoms with E-state index in [1.165, 1.54) is 172 Å². The zero-order chi connectivity index (χ0) is 24.5. The molecule has 0 unspecified atom stereocenters. The van der Waals surface area contributed by atoms with E-state index in [0.29, 0.717) is 0 Å². The van der Waals surface area contributed by atoms with Gasteiger partial charge in [0.15, 0.2) is 0 Å². The Morgan fingerprint density at radius 3 is 0.939 bits per heavy atom. The van der Waals surface area contributed by atoms with Crippen molar-refractivity contribution in [3.05, 3.63) is 0 Å². The molecule has 0 heterocycles. The zero-order valence-corrected chi connectivity index (χ0v) is 24.4. The lowest BCUT2D eigenvalue weighted by Gasteiger charge is -2.35. The molecule has 0 bridgehead atoms. The first-order chi connectivity index (χ1) is 16.0. The highest BCUT2D eigenvalue weighted by atomic mass is 15.3. The highest BCUT2D eigenvalue weighted by Crippen LogP contribution is 2.17. The first-order valence-electron chi connectivity index (χ1n) is 15.9. The maximum absolute atomic E-state index is 2.56. The summed E-state index contributed by atoms with van der Waals surface area (Å²) in [7, 11) is 2.56. The summed E-state index contributed by atoms with van der Waals surface area (Å²) in [6.45, 7) is 13.6. The molecular formula is C32H68N+. The lowest BCUT2D eigenvalue weighted by atomic mass is 10.0. The molecule has 0 atom stereocenters. The average Bonchev–Trinajstić information content (AvgIpc) is 2.80. The highest BCUT2D eigenvalue weighted by molar-refractivity contribution is 4.53. The summed E-state index contributed by atoms with van der Waals surface area (Å²) >= 11 is 0. The van der Waals surface area contributed by atoms with E-state index in [1.807, 2.05) is 0 Å². The van der Waals surface area contributed by atoms with Crippen molar-refractivity contribution in [1.82, 2.24) is 0 Å². The van der Waals surface area contributed by atoms with Crippen molar-refractivity contribution in [2.75, 3.05) is 26.7 Å². The second-order valence-corrected chi connectivity index (χ2v) is 12.0. The van der Waals surface area contributed by atoms with Gasteiger partial charge < -0.3 is 4.48 Å². The number of unbranched alkanes of at least 4 members (excludes halogenated alkanes) is 20. The van der Waals surface area contributed by atoms with Gasteiger partial charge in [-0.15, -0.1) is 0 Å². The molecule has 0 amide bonds. The van der Waals surface area contributed by atoms with Crippen molar-refractivity contribution in [3.63, 3.8) is 0 Å². The van der Waals surface area contributed by atoms with Crippen LogP contribution in [0.3, 0.4) is 0 Å². The molecule has 1 nitrogen and oxygen atoms in total. The molecule has 0 aliphatic carbocycles. The van der Waals surface area contributed by atoms with Crippen molar-refractivity contribution in [3.8, 4) is 0 Å². The largest absolute Gasteiger partial charge is 0.326 e. The van der Waals surface area contributed by atoms with E-state index in [0.717, 1.165) is 5.92 Å². The monoisotopic (exact) mass is 467 g/mol. The van der Waals surface area contributed by atoms with Crippen molar-refractivity contribution in [2.24, 2.45) is 5.92 Å². The second kappa shape index (κ2) is 25.1. The Hall–Kier alpha value is -0.0400. The minimum Gasteiger partial charge on any atom is -0.326 e. The maximum atomic E-state index is 2.56. The molecule has 0 spiro atoms. The van der Waals surface area contributed by atoms with Gasteiger partial charge in [-0.3, -0.25) is 0 Å². The SMILES string of the molecule is CCCCCCCCCCCCC[N+](C)(CCCCCCCCCCCCC)CCC(C)C. The summed E-state index contributed by atoms with van der Waals surface area (Å²) in [5, 5.41) is 0. The summed E-state index contributed by atoms with van der Waals surface area (Å²) < 4.78 is 1.34. The molecule has 33 heavy (non-hydrogen) atoms. The molecule has 1 heteroatoms. The van der Waals surface area contributed by atoms with Crippen LogP contribution in [0.5, 0.6) is 0 Å². The molecular weight excluding hydrogens is 398 g/mol. The number of hydrogen-bond donors (Lipinski definition) is 0. The Labute approximate surface area is 212 Å². The summed E-state index contributed by atoms with van der Waals surface area (Å²) in [5.74, 6) is 0.845. The van der Waals surface area contributed by atoms with Gasteiger partial charge >= 0.3 is 0 Å². The zero-order valence-electron chi connectivity index (χ0n) is 24.4. The minimum atomic E-state index is 0.845. The van der Waals surface area contributed by atoms with Gasteiger partial charge in [-0.1, -0.05) is 143 Å². The molecule has 0 radical (unpaired) electrons. The maximum Gasteiger partial charge on any atom is 0.0787 e. The molecule has 0 rings (SSSR count). The van der Waals surface area contributed by atoms with Crippen LogP contribution in [-0.2, 0) is 0 Å². The Balaban J connectivity index is 3.81. The average molecular weight is 467 g/mol. The van der Waals surface area contributed by atoms with E-state index in [9.17, 15) is 0 Å². The van der Waals surface area contributed by atoms with Crippen molar-refractivity contribution in [2.45, 2.75) is 175 Å². The Morgan fingerprint density at radius 2 is 0.667 bits per heavy atom. The van der Waals surface area contributed by atoms with E-state index < -0.39 is 0 Å². The van der Waals surface area contributed by atoms with Crippen LogP contribution < -0.4 is 0 Å². The van der Waals surface area contributed by atoms with Crippen molar-refractivity contribution < 1.29 is 4.48 Å². The van der Waals surface area contributed by atoms with Crippen LogP contribution in [0.2, 0.25) is 0 Å². The molecule has 200 valence electrons. The third-order valence-corrected chi connectivity index (χ3v) is 7.85. The number of rotatable bonds is 27. The fraction of sp³-hybridized carbons (Fsp3) is 1.00. The smallest absolute Gasteiger partial charge is 0.0787 e. The van der Waals surface area contributed by atoms with Crippen LogP contribution in [0.25, 0.3) is 0 Å². The number of quaternary nitrogens is 1. The fourth-order valence-electron chi connectivity index (χ4n) is 5.22. The van der Waals surface area contributed by atoms with Gasteiger partial charge in [0.05, 0.1) is 26.7 Å². The van der Waals surface area contributed by atoms with Crippen LogP contribution in [0.4, 0.5) is 0 Å². The normalized spacial score (nSPS) is 12.2. The molecule has 0 N–H and O–H groups in total. The first kappa shape index (κ1) is 33.0. The third kappa shape index (κ3) is 24.9. The van der Waals surface area contributed by atoms with Gasteiger partial charge in [-0.25, -0.2) is 0 Å². The second-order valence-electron chi connectivity index (χ2n) is 12.0. The molecule has 0 aromatic heterocycles. The minimum absolute atomic E-state index is 0.845. The highest BCUT2D eigenvalue weighted by Gasteiger charge is 2.20. The van der Waals surface area contributed by atoms with Gasteiger partial charge in [-0.2, -0.15) is 0 Å².